The molecule has 25 heavy (non-hydrogen) atoms. The molecule has 0 spiro atoms. The topological polar surface area (TPSA) is 35.5 Å². The van der Waals surface area contributed by atoms with Crippen LogP contribution < -0.4 is 9.47 Å². The molecule has 0 saturated heterocycles. The molecular weight excluding hydrogens is 406 g/mol. The monoisotopic (exact) mass is 418 g/mol. The fourth-order valence-electron chi connectivity index (χ4n) is 1.86. The van der Waals surface area contributed by atoms with Crippen LogP contribution in [0.15, 0.2) is 48.5 Å². The molecule has 0 bridgehead atoms. The van der Waals surface area contributed by atoms with Gasteiger partial charge in [0.05, 0.1) is 10.0 Å². The van der Waals surface area contributed by atoms with E-state index >= 15 is 0 Å². The molecule has 0 fully saturated rings. The molecule has 0 amide bonds. The van der Waals surface area contributed by atoms with Gasteiger partial charge in [-0.1, -0.05) is 82.8 Å². The molecule has 0 radical (unpaired) electrons. The number of halogens is 4. The van der Waals surface area contributed by atoms with Gasteiger partial charge in [0.1, 0.15) is 19.0 Å². The van der Waals surface area contributed by atoms with Gasteiger partial charge in [-0.3, -0.25) is 4.79 Å². The van der Waals surface area contributed by atoms with Crippen LogP contribution in [0.1, 0.15) is 5.56 Å². The molecule has 0 aromatic heterocycles. The third-order valence-electron chi connectivity index (χ3n) is 3.03. The normalized spacial score (nSPS) is 11.1. The summed E-state index contributed by atoms with van der Waals surface area (Å²) in [6.07, 6.45) is 3.78. The minimum absolute atomic E-state index is 0.273. The van der Waals surface area contributed by atoms with Crippen molar-refractivity contribution < 1.29 is 14.3 Å². The third-order valence-corrected chi connectivity index (χ3v) is 4.08. The molecule has 2 aromatic rings. The van der Waals surface area contributed by atoms with Crippen LogP contribution >= 0.6 is 46.4 Å². The van der Waals surface area contributed by atoms with Crippen molar-refractivity contribution in [2.45, 2.75) is 4.84 Å². The Bertz CT molecular complexity index is 722. The van der Waals surface area contributed by atoms with Gasteiger partial charge in [-0.15, -0.1) is 0 Å². The van der Waals surface area contributed by atoms with Crippen LogP contribution in [-0.2, 0) is 4.79 Å². The fraction of sp³-hybridized carbons (Fsp3) is 0.167. The van der Waals surface area contributed by atoms with E-state index in [1.165, 1.54) is 12.1 Å². The van der Waals surface area contributed by atoms with Gasteiger partial charge in [0.25, 0.3) is 0 Å². The van der Waals surface area contributed by atoms with E-state index in [1.54, 1.807) is 0 Å². The van der Waals surface area contributed by atoms with Crippen LogP contribution in [0, 0.1) is 0 Å². The molecular formula is C18H14Cl4O3. The zero-order valence-corrected chi connectivity index (χ0v) is 15.9. The first kappa shape index (κ1) is 19.9. The van der Waals surface area contributed by atoms with Gasteiger partial charge in [0.2, 0.25) is 5.78 Å². The van der Waals surface area contributed by atoms with Gasteiger partial charge in [-0.25, -0.2) is 0 Å². The summed E-state index contributed by atoms with van der Waals surface area (Å²) in [4.78, 5) is 10.2. The van der Waals surface area contributed by atoms with Crippen molar-refractivity contribution in [3.63, 3.8) is 0 Å². The molecule has 0 unspecified atom stereocenters. The van der Waals surface area contributed by atoms with Gasteiger partial charge in [-0.05, 0) is 11.6 Å². The quantitative estimate of drug-likeness (QED) is 0.504. The highest BCUT2D eigenvalue weighted by molar-refractivity contribution is 6.53. The Labute approximate surface area is 166 Å². The van der Waals surface area contributed by atoms with Crippen molar-refractivity contribution in [3.05, 3.63) is 64.1 Å². The average molecular weight is 420 g/mol. The Hall–Kier alpha value is -1.39. The highest BCUT2D eigenvalue weighted by Gasteiger charge is 2.14. The zero-order chi connectivity index (χ0) is 18.2. The molecule has 3 nitrogen and oxygen atoms in total. The van der Waals surface area contributed by atoms with E-state index in [2.05, 4.69) is 0 Å². The van der Waals surface area contributed by atoms with Crippen molar-refractivity contribution in [3.8, 4) is 11.5 Å². The van der Waals surface area contributed by atoms with Crippen molar-refractivity contribution in [1.29, 1.82) is 0 Å². The molecule has 0 atom stereocenters. The smallest absolute Gasteiger partial charge is 0.202 e. The highest BCUT2D eigenvalue weighted by atomic mass is 35.5. The van der Waals surface area contributed by atoms with Gasteiger partial charge >= 0.3 is 0 Å². The number of ketones is 1. The van der Waals surface area contributed by atoms with Crippen LogP contribution in [0.3, 0.4) is 0 Å². The SMILES string of the molecule is O=C(COc1cc(Cl)c(OC/C=C/c2ccccc2)c(Cl)c1)C(Cl)Cl. The number of ether oxygens (including phenoxy) is 2. The average Bonchev–Trinajstić information content (AvgIpc) is 2.59. The Balaban J connectivity index is 1.95. The summed E-state index contributed by atoms with van der Waals surface area (Å²) >= 11 is 23.2. The van der Waals surface area contributed by atoms with E-state index in [-0.39, 0.29) is 16.7 Å². The van der Waals surface area contributed by atoms with Gasteiger partial charge in [0, 0.05) is 12.1 Å². The van der Waals surface area contributed by atoms with Crippen LogP contribution in [0.2, 0.25) is 10.0 Å². The lowest BCUT2D eigenvalue weighted by atomic mass is 10.2. The Morgan fingerprint density at radius 1 is 1.04 bits per heavy atom. The minimum Gasteiger partial charge on any atom is -0.486 e. The summed E-state index contributed by atoms with van der Waals surface area (Å²) in [6, 6.07) is 12.8. The Morgan fingerprint density at radius 2 is 1.68 bits per heavy atom. The molecule has 2 aromatic carbocycles. The molecule has 0 aliphatic rings. The maximum atomic E-state index is 11.4. The number of carbonyl (C=O) groups is 1. The molecule has 0 saturated carbocycles. The number of benzene rings is 2. The molecule has 0 aliphatic heterocycles. The molecule has 2 rings (SSSR count). The second-order valence-electron chi connectivity index (χ2n) is 4.90. The van der Waals surface area contributed by atoms with E-state index in [0.29, 0.717) is 18.1 Å². The second kappa shape index (κ2) is 9.93. The fourth-order valence-corrected chi connectivity index (χ4v) is 2.56. The number of carbonyl (C=O) groups excluding carboxylic acids is 1. The summed E-state index contributed by atoms with van der Waals surface area (Å²) in [6.45, 7) is 0.0253. The lowest BCUT2D eigenvalue weighted by Gasteiger charge is -2.11. The first-order chi connectivity index (χ1) is 12.0. The molecule has 0 aliphatic carbocycles. The first-order valence-electron chi connectivity index (χ1n) is 7.24. The molecule has 0 N–H and O–H groups in total. The van der Waals surface area contributed by atoms with Crippen LogP contribution in [0.25, 0.3) is 6.08 Å². The first-order valence-corrected chi connectivity index (χ1v) is 8.87. The van der Waals surface area contributed by atoms with Crippen LogP contribution in [0.4, 0.5) is 0 Å². The van der Waals surface area contributed by atoms with Crippen LogP contribution in [0.5, 0.6) is 11.5 Å². The van der Waals surface area contributed by atoms with Crippen LogP contribution in [-0.4, -0.2) is 23.8 Å². The maximum absolute atomic E-state index is 11.4. The summed E-state index contributed by atoms with van der Waals surface area (Å²) in [5.41, 5.74) is 1.06. The minimum atomic E-state index is -1.13. The summed E-state index contributed by atoms with van der Waals surface area (Å²) in [5.74, 6) is 0.207. The number of Topliss-reactive ketones (excluding diaryl/α,β-unsaturated/α-hetero) is 1. The van der Waals surface area contributed by atoms with Crippen molar-refractivity contribution in [2.24, 2.45) is 0 Å². The Morgan fingerprint density at radius 3 is 2.28 bits per heavy atom. The molecule has 0 heterocycles. The van der Waals surface area contributed by atoms with Crippen molar-refractivity contribution >= 4 is 58.3 Å². The zero-order valence-electron chi connectivity index (χ0n) is 12.9. The van der Waals surface area contributed by atoms with E-state index in [1.807, 2.05) is 42.5 Å². The lowest BCUT2D eigenvalue weighted by molar-refractivity contribution is -0.119. The number of hydrogen-bond acceptors (Lipinski definition) is 3. The predicted octanol–water partition coefficient (Wildman–Crippen LogP) is 5.84. The second-order valence-corrected chi connectivity index (χ2v) is 6.81. The number of rotatable bonds is 8. The van der Waals surface area contributed by atoms with Gasteiger partial charge in [0.15, 0.2) is 10.6 Å². The third kappa shape index (κ3) is 6.44. The number of hydrogen-bond donors (Lipinski definition) is 0. The largest absolute Gasteiger partial charge is 0.486 e. The molecule has 132 valence electrons. The summed E-state index contributed by atoms with van der Waals surface area (Å²) in [7, 11) is 0. The number of alkyl halides is 2. The molecule has 7 heteroatoms. The van der Waals surface area contributed by atoms with E-state index in [4.69, 9.17) is 55.9 Å². The summed E-state index contributed by atoms with van der Waals surface area (Å²) in [5, 5.41) is 0.549. The Kier molecular flexibility index (Phi) is 7.91. The lowest BCUT2D eigenvalue weighted by Crippen LogP contribution is -2.17. The highest BCUT2D eigenvalue weighted by Crippen LogP contribution is 2.37. The van der Waals surface area contributed by atoms with Crippen molar-refractivity contribution in [1.82, 2.24) is 0 Å². The summed E-state index contributed by atoms with van der Waals surface area (Å²) < 4.78 is 10.9. The standard InChI is InChI=1S/C18H14Cl4O3/c19-14-9-13(25-11-16(23)18(21)22)10-15(20)17(14)24-8-4-7-12-5-2-1-3-6-12/h1-7,9-10,18H,8,11H2/b7-4+. The van der Waals surface area contributed by atoms with Gasteiger partial charge < -0.3 is 9.47 Å². The maximum Gasteiger partial charge on any atom is 0.202 e. The van der Waals surface area contributed by atoms with E-state index < -0.39 is 10.6 Å². The van der Waals surface area contributed by atoms with E-state index in [9.17, 15) is 4.79 Å². The predicted molar refractivity (Wildman–Crippen MR) is 103 cm³/mol. The van der Waals surface area contributed by atoms with E-state index in [0.717, 1.165) is 5.56 Å². The van der Waals surface area contributed by atoms with Gasteiger partial charge in [-0.2, -0.15) is 0 Å². The van der Waals surface area contributed by atoms with Crippen molar-refractivity contribution in [2.75, 3.05) is 13.2 Å².